The Morgan fingerprint density at radius 3 is 2.90 bits per heavy atom. The Hall–Kier alpha value is -0.570. The van der Waals surface area contributed by atoms with Crippen LogP contribution >= 0.6 is 11.8 Å². The summed E-state index contributed by atoms with van der Waals surface area (Å²) >= 11 is 1.79. The van der Waals surface area contributed by atoms with Crippen molar-refractivity contribution >= 4 is 21.8 Å². The molecule has 0 amide bonds. The van der Waals surface area contributed by atoms with Crippen LogP contribution in [0.4, 0.5) is 0 Å². The summed E-state index contributed by atoms with van der Waals surface area (Å²) in [6, 6.07) is 0.722. The first kappa shape index (κ1) is 14.4. The van der Waals surface area contributed by atoms with Crippen LogP contribution in [0.15, 0.2) is 17.3 Å². The summed E-state index contributed by atoms with van der Waals surface area (Å²) in [7, 11) is -3.42. The average molecular weight is 316 g/mol. The predicted octanol–water partition coefficient (Wildman–Crippen LogP) is 0.419. The Balaban J connectivity index is 1.56. The Kier molecular flexibility index (Phi) is 4.34. The zero-order valence-corrected chi connectivity index (χ0v) is 12.9. The van der Waals surface area contributed by atoms with Crippen LogP contribution in [0.2, 0.25) is 0 Å². The molecule has 2 N–H and O–H groups in total. The first-order valence-electron chi connectivity index (χ1n) is 6.99. The topological polar surface area (TPSA) is 76.0 Å². The van der Waals surface area contributed by atoms with Crippen molar-refractivity contribution in [2.45, 2.75) is 42.8 Å². The Labute approximate surface area is 123 Å². The van der Waals surface area contributed by atoms with Crippen LogP contribution in [0, 0.1) is 0 Å². The lowest BCUT2D eigenvalue weighted by Gasteiger charge is -2.10. The van der Waals surface area contributed by atoms with Gasteiger partial charge in [-0.1, -0.05) is 0 Å². The van der Waals surface area contributed by atoms with E-state index in [1.807, 2.05) is 0 Å². The van der Waals surface area contributed by atoms with Gasteiger partial charge in [-0.3, -0.25) is 4.68 Å². The normalized spacial score (nSPS) is 23.3. The van der Waals surface area contributed by atoms with Crippen molar-refractivity contribution in [1.82, 2.24) is 19.8 Å². The molecule has 1 aromatic heterocycles. The lowest BCUT2D eigenvalue weighted by atomic mass is 10.3. The molecule has 1 aromatic rings. The number of nitrogens with one attached hydrogen (secondary N) is 2. The highest BCUT2D eigenvalue weighted by molar-refractivity contribution is 7.99. The molecule has 1 aliphatic carbocycles. The maximum absolute atomic E-state index is 12.2. The van der Waals surface area contributed by atoms with Gasteiger partial charge in [0.2, 0.25) is 10.0 Å². The van der Waals surface area contributed by atoms with Gasteiger partial charge in [-0.15, -0.1) is 0 Å². The predicted molar refractivity (Wildman–Crippen MR) is 79.3 cm³/mol. The van der Waals surface area contributed by atoms with E-state index in [0.29, 0.717) is 12.6 Å². The zero-order chi connectivity index (χ0) is 14.0. The molecule has 1 saturated carbocycles. The van der Waals surface area contributed by atoms with E-state index in [-0.39, 0.29) is 10.9 Å². The molecule has 8 heteroatoms. The van der Waals surface area contributed by atoms with Crippen LogP contribution in [0.5, 0.6) is 0 Å². The summed E-state index contributed by atoms with van der Waals surface area (Å²) in [5.74, 6) is 1.89. The van der Waals surface area contributed by atoms with Gasteiger partial charge in [0.1, 0.15) is 4.90 Å². The number of nitrogens with zero attached hydrogens (tertiary/aromatic N) is 2. The Morgan fingerprint density at radius 2 is 2.20 bits per heavy atom. The van der Waals surface area contributed by atoms with Gasteiger partial charge in [0, 0.05) is 30.6 Å². The molecule has 1 atom stereocenters. The molecule has 2 fully saturated rings. The number of thioether (sulfide) groups is 1. The molecule has 6 nitrogen and oxygen atoms in total. The van der Waals surface area contributed by atoms with Crippen LogP contribution in [0.1, 0.15) is 19.3 Å². The molecule has 20 heavy (non-hydrogen) atoms. The van der Waals surface area contributed by atoms with Crippen molar-refractivity contribution in [2.75, 3.05) is 18.1 Å². The minimum atomic E-state index is -3.42. The first-order chi connectivity index (χ1) is 9.63. The molecule has 0 spiro atoms. The second-order valence-electron chi connectivity index (χ2n) is 5.35. The van der Waals surface area contributed by atoms with Crippen molar-refractivity contribution < 1.29 is 8.42 Å². The molecule has 0 aromatic carbocycles. The Morgan fingerprint density at radius 1 is 1.35 bits per heavy atom. The largest absolute Gasteiger partial charge is 0.312 e. The molecule has 112 valence electrons. The zero-order valence-electron chi connectivity index (χ0n) is 11.3. The van der Waals surface area contributed by atoms with Gasteiger partial charge in [0.05, 0.1) is 12.7 Å². The SMILES string of the molecule is O=S(=O)(NC1CCSC1)c1cnn(CCNC2CC2)c1. The minimum Gasteiger partial charge on any atom is -0.312 e. The summed E-state index contributed by atoms with van der Waals surface area (Å²) < 4.78 is 28.8. The van der Waals surface area contributed by atoms with Crippen LogP contribution in [0.3, 0.4) is 0 Å². The van der Waals surface area contributed by atoms with Crippen molar-refractivity contribution in [3.63, 3.8) is 0 Å². The van der Waals surface area contributed by atoms with Gasteiger partial charge in [0.15, 0.2) is 0 Å². The smallest absolute Gasteiger partial charge is 0.243 e. The van der Waals surface area contributed by atoms with Crippen molar-refractivity contribution in [1.29, 1.82) is 0 Å². The summed E-state index contributed by atoms with van der Waals surface area (Å²) in [6.45, 7) is 1.53. The molecular formula is C12H20N4O2S2. The molecule has 1 saturated heterocycles. The number of rotatable bonds is 7. The van der Waals surface area contributed by atoms with E-state index >= 15 is 0 Å². The van der Waals surface area contributed by atoms with E-state index in [1.54, 1.807) is 22.6 Å². The molecular weight excluding hydrogens is 296 g/mol. The van der Waals surface area contributed by atoms with E-state index in [1.165, 1.54) is 19.0 Å². The van der Waals surface area contributed by atoms with Gasteiger partial charge in [0.25, 0.3) is 0 Å². The highest BCUT2D eigenvalue weighted by atomic mass is 32.2. The van der Waals surface area contributed by atoms with E-state index in [4.69, 9.17) is 0 Å². The van der Waals surface area contributed by atoms with Gasteiger partial charge in [-0.05, 0) is 25.0 Å². The Bertz CT molecular complexity index is 548. The third-order valence-corrected chi connectivity index (χ3v) is 6.16. The molecule has 0 bridgehead atoms. The fourth-order valence-electron chi connectivity index (χ4n) is 2.19. The molecule has 0 radical (unpaired) electrons. The third-order valence-electron chi connectivity index (χ3n) is 3.52. The van der Waals surface area contributed by atoms with E-state index < -0.39 is 10.0 Å². The number of sulfonamides is 1. The third kappa shape index (κ3) is 3.75. The summed E-state index contributed by atoms with van der Waals surface area (Å²) in [4.78, 5) is 0.265. The summed E-state index contributed by atoms with van der Waals surface area (Å²) in [6.07, 6.45) is 6.45. The highest BCUT2D eigenvalue weighted by Crippen LogP contribution is 2.20. The number of hydrogen-bond donors (Lipinski definition) is 2. The van der Waals surface area contributed by atoms with Crippen molar-refractivity contribution in [2.24, 2.45) is 0 Å². The maximum atomic E-state index is 12.2. The molecule has 1 aliphatic heterocycles. The molecule has 1 unspecified atom stereocenters. The lowest BCUT2D eigenvalue weighted by molar-refractivity contribution is 0.550. The van der Waals surface area contributed by atoms with Crippen molar-refractivity contribution in [3.05, 3.63) is 12.4 Å². The average Bonchev–Trinajstić information content (AvgIpc) is 2.90. The molecule has 3 rings (SSSR count). The van der Waals surface area contributed by atoms with Crippen LogP contribution < -0.4 is 10.0 Å². The minimum absolute atomic E-state index is 0.0601. The molecule has 2 heterocycles. The van der Waals surface area contributed by atoms with Crippen LogP contribution in [0.25, 0.3) is 0 Å². The van der Waals surface area contributed by atoms with Gasteiger partial charge < -0.3 is 5.32 Å². The van der Waals surface area contributed by atoms with E-state index in [9.17, 15) is 8.42 Å². The van der Waals surface area contributed by atoms with Crippen molar-refractivity contribution in [3.8, 4) is 0 Å². The molecule has 2 aliphatic rings. The van der Waals surface area contributed by atoms with E-state index in [2.05, 4.69) is 15.1 Å². The summed E-state index contributed by atoms with van der Waals surface area (Å²) in [5.41, 5.74) is 0. The highest BCUT2D eigenvalue weighted by Gasteiger charge is 2.24. The fraction of sp³-hybridized carbons (Fsp3) is 0.750. The second kappa shape index (κ2) is 6.05. The first-order valence-corrected chi connectivity index (χ1v) is 9.63. The van der Waals surface area contributed by atoms with Crippen LogP contribution in [-0.2, 0) is 16.6 Å². The van der Waals surface area contributed by atoms with E-state index in [0.717, 1.165) is 24.5 Å². The number of hydrogen-bond acceptors (Lipinski definition) is 5. The standard InChI is InChI=1S/C12H20N4O2S2/c17-20(18,15-11-3-6-19-9-11)12-7-14-16(8-12)5-4-13-10-1-2-10/h7-8,10-11,13,15H,1-6,9H2. The van der Waals surface area contributed by atoms with Gasteiger partial charge in [-0.25, -0.2) is 13.1 Å². The monoisotopic (exact) mass is 316 g/mol. The quantitative estimate of drug-likeness (QED) is 0.762. The second-order valence-corrected chi connectivity index (χ2v) is 8.21. The maximum Gasteiger partial charge on any atom is 0.243 e. The summed E-state index contributed by atoms with van der Waals surface area (Å²) in [5, 5.41) is 7.51. The van der Waals surface area contributed by atoms with Gasteiger partial charge in [-0.2, -0.15) is 16.9 Å². The van der Waals surface area contributed by atoms with Gasteiger partial charge >= 0.3 is 0 Å². The lowest BCUT2D eigenvalue weighted by Crippen LogP contribution is -2.34. The number of aromatic nitrogens is 2. The van der Waals surface area contributed by atoms with Crippen LogP contribution in [-0.4, -0.2) is 48.3 Å². The fourth-order valence-corrected chi connectivity index (χ4v) is 4.67.